The number of carbonyl (C=O) groups is 1. The lowest BCUT2D eigenvalue weighted by Gasteiger charge is -2.18. The Labute approximate surface area is 112 Å². The Bertz CT molecular complexity index is 577. The number of hydrogen-bond acceptors (Lipinski definition) is 4. The number of aryl methyl sites for hydroxylation is 1. The standard InChI is InChI=1S/C14H19N3O2/c1-10-15-12-7-6-11(9-13(12)16-10)17(2)8-4-5-14(18)19-3/h6-7,9H,4-5,8H2,1-3H3,(H,15,16). The summed E-state index contributed by atoms with van der Waals surface area (Å²) in [4.78, 5) is 20.8. The van der Waals surface area contributed by atoms with Gasteiger partial charge in [0.15, 0.2) is 0 Å². The number of fused-ring (bicyclic) bond motifs is 1. The number of aromatic amines is 1. The van der Waals surface area contributed by atoms with Crippen molar-refractivity contribution in [1.82, 2.24) is 9.97 Å². The lowest BCUT2D eigenvalue weighted by atomic mass is 10.2. The van der Waals surface area contributed by atoms with E-state index >= 15 is 0 Å². The van der Waals surface area contributed by atoms with Crippen molar-refractivity contribution >= 4 is 22.7 Å². The Morgan fingerprint density at radius 1 is 1.47 bits per heavy atom. The number of imidazole rings is 1. The van der Waals surface area contributed by atoms with Crippen LogP contribution in [0.1, 0.15) is 18.7 Å². The molecule has 2 rings (SSSR count). The topological polar surface area (TPSA) is 58.2 Å². The lowest BCUT2D eigenvalue weighted by molar-refractivity contribution is -0.140. The zero-order valence-corrected chi connectivity index (χ0v) is 11.6. The Hall–Kier alpha value is -2.04. The maximum Gasteiger partial charge on any atom is 0.305 e. The van der Waals surface area contributed by atoms with Crippen molar-refractivity contribution in [3.8, 4) is 0 Å². The maximum atomic E-state index is 11.1. The van der Waals surface area contributed by atoms with Crippen LogP contribution in [0.3, 0.4) is 0 Å². The zero-order valence-electron chi connectivity index (χ0n) is 11.6. The largest absolute Gasteiger partial charge is 0.469 e. The highest BCUT2D eigenvalue weighted by Crippen LogP contribution is 2.20. The monoisotopic (exact) mass is 261 g/mol. The van der Waals surface area contributed by atoms with E-state index in [1.807, 2.05) is 26.1 Å². The molecule has 1 N–H and O–H groups in total. The van der Waals surface area contributed by atoms with Crippen molar-refractivity contribution in [2.45, 2.75) is 19.8 Å². The van der Waals surface area contributed by atoms with Crippen molar-refractivity contribution in [3.05, 3.63) is 24.0 Å². The fraction of sp³-hybridized carbons (Fsp3) is 0.429. The van der Waals surface area contributed by atoms with Gasteiger partial charge in [-0.3, -0.25) is 4.79 Å². The number of nitrogens with one attached hydrogen (secondary N) is 1. The van der Waals surface area contributed by atoms with Gasteiger partial charge in [0.2, 0.25) is 0 Å². The Morgan fingerprint density at radius 2 is 2.26 bits per heavy atom. The Kier molecular flexibility index (Phi) is 4.04. The van der Waals surface area contributed by atoms with Crippen LogP contribution in [-0.2, 0) is 9.53 Å². The van der Waals surface area contributed by atoms with Gasteiger partial charge < -0.3 is 14.6 Å². The first-order chi connectivity index (χ1) is 9.10. The molecule has 1 aromatic heterocycles. The molecule has 19 heavy (non-hydrogen) atoms. The van der Waals surface area contributed by atoms with E-state index in [-0.39, 0.29) is 5.97 Å². The summed E-state index contributed by atoms with van der Waals surface area (Å²) in [5.74, 6) is 0.758. The van der Waals surface area contributed by atoms with Gasteiger partial charge in [-0.2, -0.15) is 0 Å². The average Bonchev–Trinajstić information content (AvgIpc) is 2.77. The molecular weight excluding hydrogens is 242 g/mol. The summed E-state index contributed by atoms with van der Waals surface area (Å²) in [7, 11) is 3.43. The first-order valence-electron chi connectivity index (χ1n) is 6.34. The minimum atomic E-state index is -0.159. The molecule has 0 amide bonds. The summed E-state index contributed by atoms with van der Waals surface area (Å²) < 4.78 is 4.63. The molecule has 2 aromatic rings. The van der Waals surface area contributed by atoms with E-state index in [4.69, 9.17) is 0 Å². The first kappa shape index (κ1) is 13.4. The zero-order chi connectivity index (χ0) is 13.8. The Morgan fingerprint density at radius 3 is 3.00 bits per heavy atom. The molecule has 102 valence electrons. The highest BCUT2D eigenvalue weighted by atomic mass is 16.5. The molecule has 0 saturated carbocycles. The van der Waals surface area contributed by atoms with Crippen LogP contribution in [0.5, 0.6) is 0 Å². The number of anilines is 1. The van der Waals surface area contributed by atoms with Crippen LogP contribution in [0.25, 0.3) is 11.0 Å². The van der Waals surface area contributed by atoms with Gasteiger partial charge in [0.25, 0.3) is 0 Å². The van der Waals surface area contributed by atoms with Crippen LogP contribution in [0.4, 0.5) is 5.69 Å². The average molecular weight is 261 g/mol. The molecule has 0 aliphatic carbocycles. The highest BCUT2D eigenvalue weighted by molar-refractivity contribution is 5.79. The van der Waals surface area contributed by atoms with Crippen LogP contribution < -0.4 is 4.90 Å². The van der Waals surface area contributed by atoms with E-state index in [1.165, 1.54) is 7.11 Å². The minimum absolute atomic E-state index is 0.159. The molecule has 0 aliphatic heterocycles. The van der Waals surface area contributed by atoms with Gasteiger partial charge in [-0.15, -0.1) is 0 Å². The minimum Gasteiger partial charge on any atom is -0.469 e. The quantitative estimate of drug-likeness (QED) is 0.839. The third-order valence-electron chi connectivity index (χ3n) is 3.13. The molecule has 0 fully saturated rings. The number of H-pyrrole nitrogens is 1. The van der Waals surface area contributed by atoms with E-state index < -0.39 is 0 Å². The van der Waals surface area contributed by atoms with Gasteiger partial charge in [-0.1, -0.05) is 0 Å². The number of carbonyl (C=O) groups excluding carboxylic acids is 1. The van der Waals surface area contributed by atoms with Crippen LogP contribution in [-0.4, -0.2) is 36.6 Å². The SMILES string of the molecule is COC(=O)CCCN(C)c1ccc2nc(C)[nH]c2c1. The summed E-state index contributed by atoms with van der Waals surface area (Å²) in [6.07, 6.45) is 1.23. The molecule has 0 radical (unpaired) electrons. The van der Waals surface area contributed by atoms with Gasteiger partial charge in [0, 0.05) is 25.7 Å². The summed E-state index contributed by atoms with van der Waals surface area (Å²) in [6.45, 7) is 2.76. The number of nitrogens with zero attached hydrogens (tertiary/aromatic N) is 2. The number of rotatable bonds is 5. The smallest absolute Gasteiger partial charge is 0.305 e. The van der Waals surface area contributed by atoms with E-state index in [1.54, 1.807) is 0 Å². The van der Waals surface area contributed by atoms with E-state index in [0.29, 0.717) is 6.42 Å². The van der Waals surface area contributed by atoms with Crippen molar-refractivity contribution in [2.24, 2.45) is 0 Å². The predicted octanol–water partition coefficient (Wildman–Crippen LogP) is 2.26. The molecule has 5 nitrogen and oxygen atoms in total. The van der Waals surface area contributed by atoms with Crippen molar-refractivity contribution in [3.63, 3.8) is 0 Å². The number of hydrogen-bond donors (Lipinski definition) is 1. The van der Waals surface area contributed by atoms with E-state index in [2.05, 4.69) is 25.7 Å². The van der Waals surface area contributed by atoms with E-state index in [9.17, 15) is 4.79 Å². The van der Waals surface area contributed by atoms with Gasteiger partial charge in [-0.05, 0) is 31.5 Å². The maximum absolute atomic E-state index is 11.1. The van der Waals surface area contributed by atoms with E-state index in [0.717, 1.165) is 35.5 Å². The molecule has 1 aromatic carbocycles. The molecule has 0 bridgehead atoms. The second-order valence-electron chi connectivity index (χ2n) is 4.62. The Balaban J connectivity index is 2.00. The summed E-state index contributed by atoms with van der Waals surface area (Å²) in [5, 5.41) is 0. The third-order valence-corrected chi connectivity index (χ3v) is 3.13. The summed E-state index contributed by atoms with van der Waals surface area (Å²) in [6, 6.07) is 6.12. The van der Waals surface area contributed by atoms with Gasteiger partial charge in [0.1, 0.15) is 5.82 Å². The number of ether oxygens (including phenoxy) is 1. The molecule has 0 spiro atoms. The fourth-order valence-corrected chi connectivity index (χ4v) is 2.05. The van der Waals surface area contributed by atoms with Crippen LogP contribution >= 0.6 is 0 Å². The number of benzene rings is 1. The van der Waals surface area contributed by atoms with Gasteiger partial charge in [0.05, 0.1) is 18.1 Å². The molecular formula is C14H19N3O2. The first-order valence-corrected chi connectivity index (χ1v) is 6.34. The molecule has 0 atom stereocenters. The normalized spacial score (nSPS) is 10.7. The molecule has 0 saturated heterocycles. The van der Waals surface area contributed by atoms with Crippen LogP contribution in [0, 0.1) is 6.92 Å². The molecule has 5 heteroatoms. The number of methoxy groups -OCH3 is 1. The second-order valence-corrected chi connectivity index (χ2v) is 4.62. The molecule has 0 aliphatic rings. The second kappa shape index (κ2) is 5.73. The third kappa shape index (κ3) is 3.24. The number of aromatic nitrogens is 2. The lowest BCUT2D eigenvalue weighted by Crippen LogP contribution is -2.19. The summed E-state index contributed by atoms with van der Waals surface area (Å²) >= 11 is 0. The van der Waals surface area contributed by atoms with Gasteiger partial charge >= 0.3 is 5.97 Å². The molecule has 1 heterocycles. The predicted molar refractivity (Wildman–Crippen MR) is 75.4 cm³/mol. The van der Waals surface area contributed by atoms with Crippen molar-refractivity contribution in [1.29, 1.82) is 0 Å². The van der Waals surface area contributed by atoms with Crippen LogP contribution in [0.15, 0.2) is 18.2 Å². The fourth-order valence-electron chi connectivity index (χ4n) is 2.05. The van der Waals surface area contributed by atoms with Crippen LogP contribution in [0.2, 0.25) is 0 Å². The summed E-state index contributed by atoms with van der Waals surface area (Å²) in [5.41, 5.74) is 3.13. The van der Waals surface area contributed by atoms with Crippen molar-refractivity contribution < 1.29 is 9.53 Å². The molecule has 0 unspecified atom stereocenters. The highest BCUT2D eigenvalue weighted by Gasteiger charge is 2.06. The van der Waals surface area contributed by atoms with Crippen molar-refractivity contribution in [2.75, 3.05) is 25.6 Å². The van der Waals surface area contributed by atoms with Gasteiger partial charge in [-0.25, -0.2) is 4.98 Å². The number of esters is 1.